The third kappa shape index (κ3) is 3.27. The van der Waals surface area contributed by atoms with Gasteiger partial charge in [0.2, 0.25) is 0 Å². The highest BCUT2D eigenvalue weighted by Gasteiger charge is 2.36. The highest BCUT2D eigenvalue weighted by molar-refractivity contribution is 4.90. The molecule has 0 aliphatic heterocycles. The smallest absolute Gasteiger partial charge is 0.00205 e. The Bertz CT molecular complexity index is 211. The molecule has 2 rings (SSSR count). The van der Waals surface area contributed by atoms with E-state index >= 15 is 0 Å². The summed E-state index contributed by atoms with van der Waals surface area (Å²) in [6.45, 7) is 1.79. The van der Waals surface area contributed by atoms with Crippen molar-refractivity contribution in [3.8, 4) is 0 Å². The minimum atomic E-state index is 0.470. The quantitative estimate of drug-likeness (QED) is 0.785. The van der Waals surface area contributed by atoms with Crippen LogP contribution < -0.4 is 11.5 Å². The maximum Gasteiger partial charge on any atom is -0.00205 e. The Labute approximate surface area is 113 Å². The molecule has 4 N–H and O–H groups in total. The van der Waals surface area contributed by atoms with Gasteiger partial charge in [0.1, 0.15) is 0 Å². The molecule has 0 aromatic carbocycles. The Morgan fingerprint density at radius 2 is 0.889 bits per heavy atom. The summed E-state index contributed by atoms with van der Waals surface area (Å²) < 4.78 is 0. The minimum absolute atomic E-state index is 0.470. The van der Waals surface area contributed by atoms with Crippen LogP contribution in [0.25, 0.3) is 0 Å². The summed E-state index contributed by atoms with van der Waals surface area (Å²) in [6, 6.07) is 0. The van der Waals surface area contributed by atoms with Crippen LogP contribution in [0.3, 0.4) is 0 Å². The molecule has 0 unspecified atom stereocenters. The molecular formula is C16H32N2. The van der Waals surface area contributed by atoms with Crippen LogP contribution in [0.15, 0.2) is 0 Å². The van der Waals surface area contributed by atoms with E-state index in [1.54, 1.807) is 0 Å². The normalized spacial score (nSPS) is 27.0. The Hall–Kier alpha value is -0.0800. The third-order valence-corrected chi connectivity index (χ3v) is 5.88. The second kappa shape index (κ2) is 6.38. The predicted octanol–water partition coefficient (Wildman–Crippen LogP) is 3.59. The minimum Gasteiger partial charge on any atom is -0.330 e. The van der Waals surface area contributed by atoms with Gasteiger partial charge in [-0.3, -0.25) is 0 Å². The fourth-order valence-electron chi connectivity index (χ4n) is 4.25. The molecule has 0 aromatic heterocycles. The third-order valence-electron chi connectivity index (χ3n) is 5.88. The predicted molar refractivity (Wildman–Crippen MR) is 78.4 cm³/mol. The molecule has 2 heteroatoms. The lowest BCUT2D eigenvalue weighted by Gasteiger charge is -2.42. The highest BCUT2D eigenvalue weighted by atomic mass is 14.6. The average Bonchev–Trinajstić information content (AvgIpc) is 2.47. The zero-order valence-electron chi connectivity index (χ0n) is 12.1. The SMILES string of the molecule is NCC1(CCC2(CN)CCCCC2)CCCCC1. The van der Waals surface area contributed by atoms with Crippen molar-refractivity contribution in [2.45, 2.75) is 77.0 Å². The largest absolute Gasteiger partial charge is 0.330 e. The van der Waals surface area contributed by atoms with E-state index in [2.05, 4.69) is 0 Å². The van der Waals surface area contributed by atoms with Crippen molar-refractivity contribution in [3.05, 3.63) is 0 Å². The van der Waals surface area contributed by atoms with E-state index in [1.807, 2.05) is 0 Å². The summed E-state index contributed by atoms with van der Waals surface area (Å²) in [5, 5.41) is 0. The lowest BCUT2D eigenvalue weighted by Crippen LogP contribution is -2.38. The van der Waals surface area contributed by atoms with Crippen LogP contribution in [-0.2, 0) is 0 Å². The fraction of sp³-hybridized carbons (Fsp3) is 1.00. The zero-order valence-corrected chi connectivity index (χ0v) is 12.1. The molecular weight excluding hydrogens is 220 g/mol. The molecule has 0 atom stereocenters. The molecule has 0 bridgehead atoms. The molecule has 2 saturated carbocycles. The van der Waals surface area contributed by atoms with Gasteiger partial charge in [-0.05, 0) is 62.4 Å². The van der Waals surface area contributed by atoms with Crippen molar-refractivity contribution in [1.82, 2.24) is 0 Å². The molecule has 18 heavy (non-hydrogen) atoms. The maximum absolute atomic E-state index is 6.11. The van der Waals surface area contributed by atoms with E-state index in [9.17, 15) is 0 Å². The van der Waals surface area contributed by atoms with Gasteiger partial charge in [-0.15, -0.1) is 0 Å². The molecule has 2 aliphatic rings. The van der Waals surface area contributed by atoms with Crippen molar-refractivity contribution in [2.75, 3.05) is 13.1 Å². The van der Waals surface area contributed by atoms with Crippen molar-refractivity contribution in [3.63, 3.8) is 0 Å². The molecule has 0 radical (unpaired) electrons. The molecule has 0 saturated heterocycles. The monoisotopic (exact) mass is 252 g/mol. The summed E-state index contributed by atoms with van der Waals surface area (Å²) in [5.74, 6) is 0. The summed E-state index contributed by atoms with van der Waals surface area (Å²) in [6.07, 6.45) is 16.6. The van der Waals surface area contributed by atoms with Crippen molar-refractivity contribution < 1.29 is 0 Å². The Morgan fingerprint density at radius 3 is 1.17 bits per heavy atom. The molecule has 2 fully saturated rings. The van der Waals surface area contributed by atoms with Crippen molar-refractivity contribution in [2.24, 2.45) is 22.3 Å². The van der Waals surface area contributed by atoms with Gasteiger partial charge >= 0.3 is 0 Å². The van der Waals surface area contributed by atoms with Crippen LogP contribution in [0, 0.1) is 10.8 Å². The molecule has 106 valence electrons. The Balaban J connectivity index is 1.91. The maximum atomic E-state index is 6.11. The second-order valence-corrected chi connectivity index (χ2v) is 7.03. The second-order valence-electron chi connectivity index (χ2n) is 7.03. The number of hydrogen-bond donors (Lipinski definition) is 2. The topological polar surface area (TPSA) is 52.0 Å². The summed E-state index contributed by atoms with van der Waals surface area (Å²) in [7, 11) is 0. The molecule has 0 spiro atoms. The van der Waals surface area contributed by atoms with Crippen LogP contribution in [0.2, 0.25) is 0 Å². The van der Waals surface area contributed by atoms with Gasteiger partial charge in [0.25, 0.3) is 0 Å². The standard InChI is InChI=1S/C16H32N2/c17-13-15(7-3-1-4-8-15)11-12-16(14-18)9-5-2-6-10-16/h1-14,17-18H2. The zero-order chi connectivity index (χ0) is 12.9. The van der Waals surface area contributed by atoms with Crippen molar-refractivity contribution >= 4 is 0 Å². The van der Waals surface area contributed by atoms with Crippen LogP contribution in [0.1, 0.15) is 77.0 Å². The van der Waals surface area contributed by atoms with E-state index in [-0.39, 0.29) is 0 Å². The van der Waals surface area contributed by atoms with Gasteiger partial charge in [0.05, 0.1) is 0 Å². The summed E-state index contributed by atoms with van der Waals surface area (Å²) >= 11 is 0. The van der Waals surface area contributed by atoms with Gasteiger partial charge in [-0.2, -0.15) is 0 Å². The van der Waals surface area contributed by atoms with E-state index in [1.165, 1.54) is 77.0 Å². The van der Waals surface area contributed by atoms with E-state index in [4.69, 9.17) is 11.5 Å². The first-order chi connectivity index (χ1) is 8.74. The molecule has 0 heterocycles. The Kier molecular flexibility index (Phi) is 5.08. The van der Waals surface area contributed by atoms with E-state index < -0.39 is 0 Å². The molecule has 2 nitrogen and oxygen atoms in total. The van der Waals surface area contributed by atoms with Gasteiger partial charge in [0.15, 0.2) is 0 Å². The summed E-state index contributed by atoms with van der Waals surface area (Å²) in [4.78, 5) is 0. The molecule has 0 amide bonds. The number of hydrogen-bond acceptors (Lipinski definition) is 2. The first-order valence-corrected chi connectivity index (χ1v) is 8.14. The van der Waals surface area contributed by atoms with Crippen LogP contribution in [0.4, 0.5) is 0 Å². The summed E-state index contributed by atoms with van der Waals surface area (Å²) in [5.41, 5.74) is 13.2. The number of nitrogens with two attached hydrogens (primary N) is 2. The van der Waals surface area contributed by atoms with Gasteiger partial charge in [-0.25, -0.2) is 0 Å². The van der Waals surface area contributed by atoms with Crippen LogP contribution in [0.5, 0.6) is 0 Å². The highest BCUT2D eigenvalue weighted by Crippen LogP contribution is 2.46. The van der Waals surface area contributed by atoms with Crippen LogP contribution in [-0.4, -0.2) is 13.1 Å². The molecule has 0 aromatic rings. The van der Waals surface area contributed by atoms with Gasteiger partial charge in [0, 0.05) is 0 Å². The van der Waals surface area contributed by atoms with E-state index in [0.717, 1.165) is 13.1 Å². The van der Waals surface area contributed by atoms with Crippen LogP contribution >= 0.6 is 0 Å². The van der Waals surface area contributed by atoms with E-state index in [0.29, 0.717) is 10.8 Å². The lowest BCUT2D eigenvalue weighted by atomic mass is 9.64. The first kappa shape index (κ1) is 14.3. The average molecular weight is 252 g/mol. The fourth-order valence-corrected chi connectivity index (χ4v) is 4.25. The number of rotatable bonds is 5. The Morgan fingerprint density at radius 1 is 0.556 bits per heavy atom. The molecule has 2 aliphatic carbocycles. The first-order valence-electron chi connectivity index (χ1n) is 8.14. The lowest BCUT2D eigenvalue weighted by molar-refractivity contribution is 0.113. The van der Waals surface area contributed by atoms with Gasteiger partial charge < -0.3 is 11.5 Å². The van der Waals surface area contributed by atoms with Gasteiger partial charge in [-0.1, -0.05) is 38.5 Å². The van der Waals surface area contributed by atoms with Crippen molar-refractivity contribution in [1.29, 1.82) is 0 Å².